The first-order valence-electron chi connectivity index (χ1n) is 6.59. The molecule has 5 nitrogen and oxygen atoms in total. The van der Waals surface area contributed by atoms with Gasteiger partial charge in [0.15, 0.2) is 0 Å². The van der Waals surface area contributed by atoms with E-state index in [0.29, 0.717) is 13.2 Å². The Morgan fingerprint density at radius 2 is 2.17 bits per heavy atom. The highest BCUT2D eigenvalue weighted by Gasteiger charge is 2.18. The molecule has 0 N–H and O–H groups in total. The Bertz CT molecular complexity index is 274. The Kier molecular flexibility index (Phi) is 6.90. The average molecular weight is 257 g/mol. The van der Waals surface area contributed by atoms with Crippen molar-refractivity contribution < 1.29 is 19.1 Å². The standard InChI is InChI=1S/C13H23NO4/c1-3-17-13(16)7-6-11(15)9-14(2)10-12-5-4-8-18-12/h12H,3-10H2,1-2H3. The number of carbonyl (C=O) groups excluding carboxylic acids is 2. The summed E-state index contributed by atoms with van der Waals surface area (Å²) in [7, 11) is 1.91. The van der Waals surface area contributed by atoms with E-state index in [2.05, 4.69) is 0 Å². The van der Waals surface area contributed by atoms with E-state index >= 15 is 0 Å². The summed E-state index contributed by atoms with van der Waals surface area (Å²) < 4.78 is 10.3. The lowest BCUT2D eigenvalue weighted by Crippen LogP contribution is -2.33. The fourth-order valence-corrected chi connectivity index (χ4v) is 2.06. The second-order valence-electron chi connectivity index (χ2n) is 4.68. The molecule has 18 heavy (non-hydrogen) atoms. The van der Waals surface area contributed by atoms with Crippen molar-refractivity contribution >= 4 is 11.8 Å². The predicted octanol–water partition coefficient (Wildman–Crippen LogP) is 1.01. The van der Waals surface area contributed by atoms with Crippen LogP contribution in [0.4, 0.5) is 0 Å². The predicted molar refractivity (Wildman–Crippen MR) is 67.3 cm³/mol. The summed E-state index contributed by atoms with van der Waals surface area (Å²) >= 11 is 0. The van der Waals surface area contributed by atoms with Crippen LogP contribution in [0.25, 0.3) is 0 Å². The number of nitrogens with zero attached hydrogens (tertiary/aromatic N) is 1. The molecule has 5 heteroatoms. The van der Waals surface area contributed by atoms with E-state index in [-0.39, 0.29) is 30.7 Å². The molecule has 0 spiro atoms. The van der Waals surface area contributed by atoms with Crippen LogP contribution < -0.4 is 0 Å². The molecular formula is C13H23NO4. The van der Waals surface area contributed by atoms with Gasteiger partial charge in [-0.3, -0.25) is 14.5 Å². The van der Waals surface area contributed by atoms with Crippen molar-refractivity contribution in [1.82, 2.24) is 4.90 Å². The van der Waals surface area contributed by atoms with Gasteiger partial charge in [-0.15, -0.1) is 0 Å². The quantitative estimate of drug-likeness (QED) is 0.607. The summed E-state index contributed by atoms with van der Waals surface area (Å²) in [5.74, 6) is -0.226. The topological polar surface area (TPSA) is 55.8 Å². The van der Waals surface area contributed by atoms with Crippen LogP contribution in [0.15, 0.2) is 0 Å². The monoisotopic (exact) mass is 257 g/mol. The minimum Gasteiger partial charge on any atom is -0.466 e. The SMILES string of the molecule is CCOC(=O)CCC(=O)CN(C)CC1CCCO1. The zero-order valence-electron chi connectivity index (χ0n) is 11.3. The number of rotatable bonds is 8. The van der Waals surface area contributed by atoms with Crippen molar-refractivity contribution in [3.05, 3.63) is 0 Å². The maximum Gasteiger partial charge on any atom is 0.306 e. The van der Waals surface area contributed by atoms with Crippen molar-refractivity contribution in [2.75, 3.05) is 33.4 Å². The maximum absolute atomic E-state index is 11.6. The van der Waals surface area contributed by atoms with Gasteiger partial charge < -0.3 is 9.47 Å². The third-order valence-corrected chi connectivity index (χ3v) is 2.90. The number of carbonyl (C=O) groups is 2. The van der Waals surface area contributed by atoms with Crippen LogP contribution in [-0.2, 0) is 19.1 Å². The van der Waals surface area contributed by atoms with Gasteiger partial charge in [0.1, 0.15) is 5.78 Å². The van der Waals surface area contributed by atoms with E-state index in [9.17, 15) is 9.59 Å². The highest BCUT2D eigenvalue weighted by Crippen LogP contribution is 2.12. The first-order chi connectivity index (χ1) is 8.61. The minimum absolute atomic E-state index is 0.0727. The van der Waals surface area contributed by atoms with Gasteiger partial charge in [0, 0.05) is 19.6 Å². The molecule has 0 aromatic rings. The fraction of sp³-hybridized carbons (Fsp3) is 0.846. The Labute approximate surface area is 108 Å². The summed E-state index contributed by atoms with van der Waals surface area (Å²) in [6.07, 6.45) is 2.87. The van der Waals surface area contributed by atoms with Gasteiger partial charge >= 0.3 is 5.97 Å². The van der Waals surface area contributed by atoms with Gasteiger partial charge in [-0.2, -0.15) is 0 Å². The van der Waals surface area contributed by atoms with Crippen molar-refractivity contribution in [1.29, 1.82) is 0 Å². The van der Waals surface area contributed by atoms with Gasteiger partial charge in [0.25, 0.3) is 0 Å². The van der Waals surface area contributed by atoms with E-state index in [1.54, 1.807) is 6.92 Å². The Morgan fingerprint density at radius 1 is 1.39 bits per heavy atom. The molecule has 104 valence electrons. The number of Topliss-reactive ketones (excluding diaryl/α,β-unsaturated/α-hetero) is 1. The molecule has 1 aliphatic rings. The summed E-state index contributed by atoms with van der Waals surface area (Å²) in [5.41, 5.74) is 0. The first kappa shape index (κ1) is 15.1. The molecule has 0 bridgehead atoms. The highest BCUT2D eigenvalue weighted by atomic mass is 16.5. The number of likely N-dealkylation sites (N-methyl/N-ethyl adjacent to an activating group) is 1. The van der Waals surface area contributed by atoms with E-state index in [1.165, 1.54) is 0 Å². The molecule has 1 atom stereocenters. The third-order valence-electron chi connectivity index (χ3n) is 2.90. The molecule has 1 saturated heterocycles. The smallest absolute Gasteiger partial charge is 0.306 e. The van der Waals surface area contributed by atoms with Crippen LogP contribution >= 0.6 is 0 Å². The molecular weight excluding hydrogens is 234 g/mol. The van der Waals surface area contributed by atoms with E-state index in [1.807, 2.05) is 11.9 Å². The molecule has 1 heterocycles. The number of esters is 1. The lowest BCUT2D eigenvalue weighted by molar-refractivity contribution is -0.144. The van der Waals surface area contributed by atoms with Crippen LogP contribution in [0.2, 0.25) is 0 Å². The van der Waals surface area contributed by atoms with Crippen molar-refractivity contribution in [2.24, 2.45) is 0 Å². The highest BCUT2D eigenvalue weighted by molar-refractivity contribution is 5.84. The second-order valence-corrected chi connectivity index (χ2v) is 4.68. The number of hydrogen-bond acceptors (Lipinski definition) is 5. The van der Waals surface area contributed by atoms with E-state index < -0.39 is 0 Å². The summed E-state index contributed by atoms with van der Waals surface area (Å²) in [6.45, 7) is 4.11. The van der Waals surface area contributed by atoms with Crippen molar-refractivity contribution in [3.63, 3.8) is 0 Å². The van der Waals surface area contributed by atoms with Crippen LogP contribution in [0.3, 0.4) is 0 Å². The van der Waals surface area contributed by atoms with Gasteiger partial charge in [-0.1, -0.05) is 0 Å². The summed E-state index contributed by atoms with van der Waals surface area (Å²) in [6, 6.07) is 0. The van der Waals surface area contributed by atoms with Crippen LogP contribution in [0.5, 0.6) is 0 Å². The Morgan fingerprint density at radius 3 is 2.78 bits per heavy atom. The number of hydrogen-bond donors (Lipinski definition) is 0. The van der Waals surface area contributed by atoms with Crippen LogP contribution in [-0.4, -0.2) is 56.1 Å². The maximum atomic E-state index is 11.6. The molecule has 1 fully saturated rings. The average Bonchev–Trinajstić information content (AvgIpc) is 2.79. The number of ketones is 1. The third kappa shape index (κ3) is 6.12. The normalized spacial score (nSPS) is 19.2. The minimum atomic E-state index is -0.298. The number of ether oxygens (including phenoxy) is 2. The molecule has 1 unspecified atom stereocenters. The fourth-order valence-electron chi connectivity index (χ4n) is 2.06. The molecule has 0 aliphatic carbocycles. The Hall–Kier alpha value is -0.940. The Balaban J connectivity index is 2.12. The second kappa shape index (κ2) is 8.21. The molecule has 0 saturated carbocycles. The zero-order valence-corrected chi connectivity index (χ0v) is 11.3. The molecule has 1 aliphatic heterocycles. The molecule has 0 amide bonds. The molecule has 0 radical (unpaired) electrons. The lowest BCUT2D eigenvalue weighted by Gasteiger charge is -2.19. The van der Waals surface area contributed by atoms with Crippen molar-refractivity contribution in [2.45, 2.75) is 38.7 Å². The van der Waals surface area contributed by atoms with Crippen LogP contribution in [0, 0.1) is 0 Å². The molecule has 0 aromatic heterocycles. The van der Waals surface area contributed by atoms with Crippen molar-refractivity contribution in [3.8, 4) is 0 Å². The van der Waals surface area contributed by atoms with Gasteiger partial charge in [0.05, 0.1) is 25.7 Å². The van der Waals surface area contributed by atoms with Crippen LogP contribution in [0.1, 0.15) is 32.6 Å². The molecule has 1 rings (SSSR count). The summed E-state index contributed by atoms with van der Waals surface area (Å²) in [5, 5.41) is 0. The zero-order chi connectivity index (χ0) is 13.4. The largest absolute Gasteiger partial charge is 0.466 e. The van der Waals surface area contributed by atoms with Gasteiger partial charge in [-0.05, 0) is 26.8 Å². The lowest BCUT2D eigenvalue weighted by atomic mass is 10.2. The summed E-state index contributed by atoms with van der Waals surface area (Å²) in [4.78, 5) is 24.7. The van der Waals surface area contributed by atoms with Gasteiger partial charge in [0.2, 0.25) is 0 Å². The first-order valence-corrected chi connectivity index (χ1v) is 6.59. The van der Waals surface area contributed by atoms with E-state index in [4.69, 9.17) is 9.47 Å². The molecule has 0 aromatic carbocycles. The van der Waals surface area contributed by atoms with E-state index in [0.717, 1.165) is 26.0 Å². The van der Waals surface area contributed by atoms with Gasteiger partial charge in [-0.25, -0.2) is 0 Å².